The summed E-state index contributed by atoms with van der Waals surface area (Å²) >= 11 is 6.37. The lowest BCUT2D eigenvalue weighted by Gasteiger charge is -2.18. The fourth-order valence-corrected chi connectivity index (χ4v) is 20.7. The summed E-state index contributed by atoms with van der Waals surface area (Å²) in [5, 5.41) is 0. The van der Waals surface area contributed by atoms with Gasteiger partial charge in [-0.25, -0.2) is 8.78 Å². The monoisotopic (exact) mass is 1440 g/mol. The minimum atomic E-state index is -0.353. The van der Waals surface area contributed by atoms with Gasteiger partial charge in [-0.05, 0) is 110 Å². The molecule has 10 heteroatoms. The molecule has 0 saturated heterocycles. The Kier molecular flexibility index (Phi) is 36.8. The Morgan fingerprint density at radius 2 is 0.670 bits per heavy atom. The van der Waals surface area contributed by atoms with Gasteiger partial charge in [-0.1, -0.05) is 335 Å². The van der Waals surface area contributed by atoms with Crippen LogP contribution in [-0.2, 0) is 22.4 Å². The van der Waals surface area contributed by atoms with E-state index >= 15 is 18.4 Å². The van der Waals surface area contributed by atoms with Crippen LogP contribution in [0.15, 0.2) is 60.7 Å². The first-order valence-electron chi connectivity index (χ1n) is 41.4. The molecule has 8 rings (SSSR count). The van der Waals surface area contributed by atoms with Crippen molar-refractivity contribution < 1.29 is 18.4 Å². The van der Waals surface area contributed by atoms with Crippen molar-refractivity contribution in [2.75, 3.05) is 22.9 Å². The molecule has 0 N–H and O–H groups in total. The number of unbranched alkanes of at least 4 members (excludes halogenated alkanes) is 34. The number of rotatable bonds is 54. The number of hydrogen-bond donors (Lipinski definition) is 0. The van der Waals surface area contributed by atoms with Crippen molar-refractivity contribution in [1.29, 1.82) is 0 Å². The third-order valence-corrected chi connectivity index (χ3v) is 26.9. The van der Waals surface area contributed by atoms with E-state index in [1.54, 1.807) is 34.8 Å². The molecule has 2 aromatic carbocycles. The second-order valence-corrected chi connectivity index (χ2v) is 34.9. The van der Waals surface area contributed by atoms with Gasteiger partial charge in [-0.15, -0.1) is 45.3 Å². The van der Waals surface area contributed by atoms with E-state index in [-0.39, 0.29) is 23.4 Å². The smallest absolute Gasteiger partial charge is 0.259 e. The summed E-state index contributed by atoms with van der Waals surface area (Å²) in [5.41, 5.74) is 9.24. The molecule has 4 aromatic heterocycles. The molecule has 4 nitrogen and oxygen atoms in total. The quantitative estimate of drug-likeness (QED) is 0.0282. The fourth-order valence-electron chi connectivity index (χ4n) is 16.0. The zero-order valence-electron chi connectivity index (χ0n) is 64.0. The van der Waals surface area contributed by atoms with E-state index in [2.05, 4.69) is 104 Å². The van der Waals surface area contributed by atoms with E-state index < -0.39 is 0 Å². The largest absolute Gasteiger partial charge is 0.308 e. The topological polar surface area (TPSA) is 40.6 Å². The maximum absolute atomic E-state index is 17.3. The van der Waals surface area contributed by atoms with E-state index in [1.807, 2.05) is 9.80 Å². The minimum Gasteiger partial charge on any atom is -0.308 e. The molecule has 0 bridgehead atoms. The maximum Gasteiger partial charge on any atom is 0.259 e. The second kappa shape index (κ2) is 45.2. The lowest BCUT2D eigenvalue weighted by molar-refractivity contribution is -0.114. The predicted octanol–water partition coefficient (Wildman–Crippen LogP) is 30.7. The van der Waals surface area contributed by atoms with Crippen molar-refractivity contribution in [1.82, 2.24) is 0 Å². The van der Waals surface area contributed by atoms with E-state index in [9.17, 15) is 0 Å². The summed E-state index contributed by atoms with van der Waals surface area (Å²) in [4.78, 5) is 41.7. The molecular formula is C90H132F2N2O2S4. The Bertz CT molecular complexity index is 3390. The van der Waals surface area contributed by atoms with Gasteiger partial charge in [0.15, 0.2) is 0 Å². The molecule has 552 valence electrons. The lowest BCUT2D eigenvalue weighted by Crippen LogP contribution is -2.30. The van der Waals surface area contributed by atoms with E-state index in [4.69, 9.17) is 0 Å². The summed E-state index contributed by atoms with van der Waals surface area (Å²) in [6.07, 6.45) is 56.6. The molecule has 6 aromatic rings. The minimum absolute atomic E-state index is 0.0663. The lowest BCUT2D eigenvalue weighted by atomic mass is 9.88. The molecule has 100 heavy (non-hydrogen) atoms. The van der Waals surface area contributed by atoms with Crippen LogP contribution in [0, 0.1) is 37.3 Å². The Morgan fingerprint density at radius 3 is 1.07 bits per heavy atom. The number of aryl methyl sites for hydroxylation is 2. The highest BCUT2D eigenvalue weighted by Crippen LogP contribution is 2.52. The number of fused-ring (bicyclic) bond motifs is 2. The summed E-state index contributed by atoms with van der Waals surface area (Å²) in [6, 6.07) is 21.0. The summed E-state index contributed by atoms with van der Waals surface area (Å²) < 4.78 is 34.3. The van der Waals surface area contributed by atoms with Crippen LogP contribution in [0.3, 0.4) is 0 Å². The molecule has 6 heterocycles. The van der Waals surface area contributed by atoms with Crippen LogP contribution in [0.25, 0.3) is 50.8 Å². The molecule has 0 saturated carbocycles. The van der Waals surface area contributed by atoms with Gasteiger partial charge >= 0.3 is 0 Å². The van der Waals surface area contributed by atoms with Crippen molar-refractivity contribution >= 4 is 79.7 Å². The second-order valence-electron chi connectivity index (χ2n) is 30.5. The molecule has 2 aliphatic heterocycles. The van der Waals surface area contributed by atoms with Crippen LogP contribution >= 0.6 is 45.3 Å². The molecule has 2 atom stereocenters. The summed E-state index contributed by atoms with van der Waals surface area (Å²) in [7, 11) is 0. The van der Waals surface area contributed by atoms with Gasteiger partial charge < -0.3 is 9.80 Å². The van der Waals surface area contributed by atoms with Gasteiger partial charge in [0, 0.05) is 53.5 Å². The number of halogens is 2. The van der Waals surface area contributed by atoms with Crippen molar-refractivity contribution in [2.24, 2.45) is 11.8 Å². The highest BCUT2D eigenvalue weighted by molar-refractivity contribution is 7.29. The number of amides is 2. The molecule has 0 spiro atoms. The zero-order valence-corrected chi connectivity index (χ0v) is 67.2. The molecular weight excluding hydrogens is 1310 g/mol. The Hall–Kier alpha value is -4.22. The molecule has 0 aliphatic carbocycles. The van der Waals surface area contributed by atoms with E-state index in [1.165, 1.54) is 283 Å². The Labute approximate surface area is 623 Å². The highest BCUT2D eigenvalue weighted by Gasteiger charge is 2.42. The highest BCUT2D eigenvalue weighted by atomic mass is 32.1. The zero-order chi connectivity index (χ0) is 70.9. The van der Waals surface area contributed by atoms with Gasteiger partial charge in [0.25, 0.3) is 11.8 Å². The van der Waals surface area contributed by atoms with Gasteiger partial charge in [-0.2, -0.15) is 0 Å². The predicted molar refractivity (Wildman–Crippen MR) is 439 cm³/mol. The van der Waals surface area contributed by atoms with Crippen molar-refractivity contribution in [2.45, 2.75) is 351 Å². The van der Waals surface area contributed by atoms with Crippen molar-refractivity contribution in [3.63, 3.8) is 0 Å². The standard InChI is InChI=1S/C90H132F2N2O2S4/c1-9-15-21-27-33-35-39-45-50-69(49-43-37-29-23-17-11-3)61-72-60-68(8)97-85(72)81-65-76(91)87(99-81)88-77(92)66-82(100-88)86-73(62-70(51-44-38-30-24-18-12-4)52-46-40-36-34-28-22-16-10-2)64-80(98-86)71-54-56-75-79(63-71)94(58-48-42-32-26-20-14-6)90(96)84(75)83-74-55-53-67(7)59-78(74)93(89(83)95)57-47-41-31-25-19-13-5/h53-56,59-60,63-66,69-70H,9-52,57-58,61-62H2,1-8H3/b84-83+. The van der Waals surface area contributed by atoms with E-state index in [0.29, 0.717) is 45.8 Å². The first-order chi connectivity index (χ1) is 48.9. The van der Waals surface area contributed by atoms with Crippen LogP contribution in [0.5, 0.6) is 0 Å². The van der Waals surface area contributed by atoms with Gasteiger partial charge in [0.05, 0.1) is 32.3 Å². The molecule has 0 radical (unpaired) electrons. The summed E-state index contributed by atoms with van der Waals surface area (Å²) in [5.74, 6) is 0.251. The maximum atomic E-state index is 17.3. The van der Waals surface area contributed by atoms with Crippen LogP contribution in [0.4, 0.5) is 20.2 Å². The van der Waals surface area contributed by atoms with Gasteiger partial charge in [-0.3, -0.25) is 9.59 Å². The first kappa shape index (κ1) is 81.4. The van der Waals surface area contributed by atoms with Crippen molar-refractivity contribution in [3.05, 3.63) is 105 Å². The first-order valence-corrected chi connectivity index (χ1v) is 44.6. The Balaban J connectivity index is 1.15. The van der Waals surface area contributed by atoms with Crippen LogP contribution < -0.4 is 9.80 Å². The Morgan fingerprint density at radius 1 is 0.340 bits per heavy atom. The summed E-state index contributed by atoms with van der Waals surface area (Å²) in [6.45, 7) is 19.2. The molecule has 0 fully saturated rings. The molecule has 2 unspecified atom stereocenters. The molecule has 2 aliphatic rings. The average molecular weight is 1440 g/mol. The van der Waals surface area contributed by atoms with Crippen LogP contribution in [-0.4, -0.2) is 24.9 Å². The number of hydrogen-bond acceptors (Lipinski definition) is 6. The fraction of sp³-hybridized carbons (Fsp3) is 0.644. The van der Waals surface area contributed by atoms with Crippen molar-refractivity contribution in [3.8, 4) is 39.7 Å². The van der Waals surface area contributed by atoms with Crippen LogP contribution in [0.2, 0.25) is 0 Å². The number of thiophene rings is 4. The normalized spacial score (nSPS) is 14.4. The number of anilines is 2. The molecule has 2 amide bonds. The number of carbonyl (C=O) groups is 2. The number of carbonyl (C=O) groups excluding carboxylic acids is 2. The SMILES string of the molecule is CCCCCCCCCCC(CCCCCCCC)Cc1cc(C)sc1-c1cc(F)c(-c2sc(-c3sc(-c4ccc5c(c4)N(CCCCCCCC)C(=O)/C5=C4/C(=O)N(CCCCCCCC)c5cc(C)ccc54)cc3CC(CCCCCCCC)CCCCCCCCCC)cc2F)s1. The van der Waals surface area contributed by atoms with E-state index in [0.717, 1.165) is 109 Å². The average Bonchev–Trinajstić information content (AvgIpc) is 1.57. The third-order valence-electron chi connectivity index (χ3n) is 21.8. The van der Waals surface area contributed by atoms with Gasteiger partial charge in [0.1, 0.15) is 11.6 Å². The number of benzene rings is 2. The van der Waals surface area contributed by atoms with Gasteiger partial charge in [0.2, 0.25) is 0 Å². The van der Waals surface area contributed by atoms with Crippen LogP contribution in [0.1, 0.15) is 357 Å². The third kappa shape index (κ3) is 24.4. The number of nitrogens with zero attached hydrogens (tertiary/aromatic N) is 2.